The van der Waals surface area contributed by atoms with Crippen LogP contribution >= 0.6 is 0 Å². The van der Waals surface area contributed by atoms with E-state index in [1.807, 2.05) is 73.7 Å². The molecular weight excluding hydrogens is 260 g/mol. The first-order valence-electron chi connectivity index (χ1n) is 6.73. The molecule has 0 radical (unpaired) electrons. The highest BCUT2D eigenvalue weighted by atomic mass is 16.1. The van der Waals surface area contributed by atoms with E-state index in [9.17, 15) is 4.79 Å². The second kappa shape index (κ2) is 7.06. The molecule has 3 heteroatoms. The molecule has 0 aliphatic carbocycles. The lowest BCUT2D eigenvalue weighted by atomic mass is 10.1. The summed E-state index contributed by atoms with van der Waals surface area (Å²) < 4.78 is 0. The van der Waals surface area contributed by atoms with E-state index in [1.54, 1.807) is 6.08 Å². The fourth-order valence-corrected chi connectivity index (χ4v) is 1.96. The minimum atomic E-state index is -0.363. The van der Waals surface area contributed by atoms with Crippen LogP contribution in [0.2, 0.25) is 0 Å². The predicted octanol–water partition coefficient (Wildman–Crippen LogP) is 3.47. The third kappa shape index (κ3) is 4.05. The molecule has 104 valence electrons. The fraction of sp³-hybridized carbons (Fsp3) is 0.111. The maximum absolute atomic E-state index is 12.2. The Morgan fingerprint density at radius 3 is 2.24 bits per heavy atom. The molecule has 0 bridgehead atoms. The summed E-state index contributed by atoms with van der Waals surface area (Å²) in [6, 6.07) is 20.8. The molecule has 0 heterocycles. The fourth-order valence-electron chi connectivity index (χ4n) is 1.96. The van der Waals surface area contributed by atoms with Crippen LogP contribution in [0.5, 0.6) is 0 Å². The third-order valence-electron chi connectivity index (χ3n) is 3.12. The van der Waals surface area contributed by atoms with Gasteiger partial charge >= 0.3 is 0 Å². The molecule has 0 unspecified atom stereocenters. The topological polar surface area (TPSA) is 52.9 Å². The summed E-state index contributed by atoms with van der Waals surface area (Å²) in [4.78, 5) is 12.2. The van der Waals surface area contributed by atoms with E-state index < -0.39 is 0 Å². The Balaban J connectivity index is 2.11. The van der Waals surface area contributed by atoms with Gasteiger partial charge in [0, 0.05) is 0 Å². The maximum atomic E-state index is 12.2. The number of hydrogen-bond acceptors (Lipinski definition) is 2. The number of rotatable bonds is 4. The van der Waals surface area contributed by atoms with Crippen molar-refractivity contribution < 1.29 is 4.79 Å². The zero-order valence-corrected chi connectivity index (χ0v) is 11.8. The second-order valence-corrected chi connectivity index (χ2v) is 4.69. The van der Waals surface area contributed by atoms with Crippen molar-refractivity contribution in [3.63, 3.8) is 0 Å². The van der Waals surface area contributed by atoms with Crippen LogP contribution < -0.4 is 5.32 Å². The van der Waals surface area contributed by atoms with Gasteiger partial charge in [-0.2, -0.15) is 5.26 Å². The van der Waals surface area contributed by atoms with Gasteiger partial charge in [0.1, 0.15) is 11.6 Å². The summed E-state index contributed by atoms with van der Waals surface area (Å²) in [6.07, 6.45) is 1.59. The van der Waals surface area contributed by atoms with E-state index in [4.69, 9.17) is 5.26 Å². The van der Waals surface area contributed by atoms with Gasteiger partial charge in [-0.1, -0.05) is 60.7 Å². The molecule has 1 atom stereocenters. The molecule has 0 spiro atoms. The number of nitriles is 1. The lowest BCUT2D eigenvalue weighted by molar-refractivity contribution is -0.117. The summed E-state index contributed by atoms with van der Waals surface area (Å²) in [5, 5.41) is 12.0. The average Bonchev–Trinajstić information content (AvgIpc) is 2.54. The molecule has 0 aliphatic heterocycles. The van der Waals surface area contributed by atoms with Crippen LogP contribution in [-0.4, -0.2) is 5.91 Å². The first-order valence-corrected chi connectivity index (χ1v) is 6.73. The number of benzene rings is 2. The molecule has 1 N–H and O–H groups in total. The summed E-state index contributed by atoms with van der Waals surface area (Å²) >= 11 is 0. The Bertz CT molecular complexity index is 669. The highest BCUT2D eigenvalue weighted by molar-refractivity contribution is 6.01. The van der Waals surface area contributed by atoms with E-state index in [0.717, 1.165) is 11.1 Å². The first-order chi connectivity index (χ1) is 10.2. The third-order valence-corrected chi connectivity index (χ3v) is 3.12. The van der Waals surface area contributed by atoms with E-state index >= 15 is 0 Å². The van der Waals surface area contributed by atoms with Crippen molar-refractivity contribution >= 4 is 12.0 Å². The standard InChI is InChI=1S/C18H16N2O/c1-14(16-10-6-3-7-11-16)20-18(21)17(13-19)12-15-8-4-2-5-9-15/h2-12,14H,1H3,(H,20,21)/b17-12-/t14-/m0/s1. The average molecular weight is 276 g/mol. The van der Waals surface area contributed by atoms with Crippen molar-refractivity contribution in [2.45, 2.75) is 13.0 Å². The van der Waals surface area contributed by atoms with Crippen LogP contribution in [0, 0.1) is 11.3 Å². The summed E-state index contributed by atoms with van der Waals surface area (Å²) in [5.74, 6) is -0.363. The quantitative estimate of drug-likeness (QED) is 0.686. The van der Waals surface area contributed by atoms with Crippen molar-refractivity contribution in [2.24, 2.45) is 0 Å². The van der Waals surface area contributed by atoms with Gasteiger partial charge in [-0.05, 0) is 24.1 Å². The highest BCUT2D eigenvalue weighted by Gasteiger charge is 2.13. The van der Waals surface area contributed by atoms with Crippen LogP contribution in [0.3, 0.4) is 0 Å². The molecule has 3 nitrogen and oxygen atoms in total. The maximum Gasteiger partial charge on any atom is 0.262 e. The number of carbonyl (C=O) groups is 1. The molecule has 0 aliphatic rings. The number of amides is 1. The lowest BCUT2D eigenvalue weighted by Gasteiger charge is -2.13. The van der Waals surface area contributed by atoms with Crippen LogP contribution in [-0.2, 0) is 4.79 Å². The zero-order chi connectivity index (χ0) is 15.1. The van der Waals surface area contributed by atoms with Gasteiger partial charge in [0.15, 0.2) is 0 Å². The van der Waals surface area contributed by atoms with Crippen molar-refractivity contribution in [3.8, 4) is 6.07 Å². The van der Waals surface area contributed by atoms with Crippen molar-refractivity contribution in [3.05, 3.63) is 77.4 Å². The van der Waals surface area contributed by atoms with Crippen molar-refractivity contribution in [1.29, 1.82) is 5.26 Å². The Morgan fingerprint density at radius 2 is 1.67 bits per heavy atom. The Kier molecular flexibility index (Phi) is 4.89. The number of nitrogens with zero attached hydrogens (tertiary/aromatic N) is 1. The smallest absolute Gasteiger partial charge is 0.262 e. The van der Waals surface area contributed by atoms with E-state index in [0.29, 0.717) is 0 Å². The zero-order valence-electron chi connectivity index (χ0n) is 11.8. The Labute approximate surface area is 124 Å². The molecule has 0 aromatic heterocycles. The van der Waals surface area contributed by atoms with E-state index in [-0.39, 0.29) is 17.5 Å². The monoisotopic (exact) mass is 276 g/mol. The molecule has 0 fully saturated rings. The lowest BCUT2D eigenvalue weighted by Crippen LogP contribution is -2.27. The summed E-state index contributed by atoms with van der Waals surface area (Å²) in [5.41, 5.74) is 1.93. The van der Waals surface area contributed by atoms with Gasteiger partial charge in [0.2, 0.25) is 0 Å². The molecule has 1 amide bonds. The summed E-state index contributed by atoms with van der Waals surface area (Å²) in [6.45, 7) is 1.89. The summed E-state index contributed by atoms with van der Waals surface area (Å²) in [7, 11) is 0. The molecule has 2 aromatic rings. The second-order valence-electron chi connectivity index (χ2n) is 4.69. The molecule has 0 saturated heterocycles. The molecule has 0 saturated carbocycles. The molecule has 2 rings (SSSR count). The van der Waals surface area contributed by atoms with E-state index in [2.05, 4.69) is 5.32 Å². The largest absolute Gasteiger partial charge is 0.345 e. The van der Waals surface area contributed by atoms with Crippen LogP contribution in [0.1, 0.15) is 24.1 Å². The van der Waals surface area contributed by atoms with Crippen LogP contribution in [0.4, 0.5) is 0 Å². The van der Waals surface area contributed by atoms with Gasteiger partial charge < -0.3 is 5.32 Å². The molecule has 21 heavy (non-hydrogen) atoms. The minimum Gasteiger partial charge on any atom is -0.345 e. The molecule has 2 aromatic carbocycles. The van der Waals surface area contributed by atoms with Crippen molar-refractivity contribution in [1.82, 2.24) is 5.32 Å². The van der Waals surface area contributed by atoms with Crippen molar-refractivity contribution in [2.75, 3.05) is 0 Å². The van der Waals surface area contributed by atoms with E-state index in [1.165, 1.54) is 0 Å². The first kappa shape index (κ1) is 14.5. The van der Waals surface area contributed by atoms with Gasteiger partial charge in [0.25, 0.3) is 5.91 Å². The minimum absolute atomic E-state index is 0.101. The number of nitrogens with one attached hydrogen (secondary N) is 1. The SMILES string of the molecule is C[C@H](NC(=O)/C(C#N)=C\c1ccccc1)c1ccccc1. The van der Waals surface area contributed by atoms with Gasteiger partial charge in [-0.15, -0.1) is 0 Å². The highest BCUT2D eigenvalue weighted by Crippen LogP contribution is 2.13. The van der Waals surface area contributed by atoms with Crippen LogP contribution in [0.25, 0.3) is 6.08 Å². The van der Waals surface area contributed by atoms with Crippen LogP contribution in [0.15, 0.2) is 66.2 Å². The van der Waals surface area contributed by atoms with Gasteiger partial charge in [0.05, 0.1) is 6.04 Å². The predicted molar refractivity (Wildman–Crippen MR) is 83.0 cm³/mol. The normalized spacial score (nSPS) is 12.3. The molecular formula is C18H16N2O. The number of carbonyl (C=O) groups excluding carboxylic acids is 1. The Hall–Kier alpha value is -2.86. The Morgan fingerprint density at radius 1 is 1.10 bits per heavy atom. The van der Waals surface area contributed by atoms with Gasteiger partial charge in [-0.25, -0.2) is 0 Å². The number of hydrogen-bond donors (Lipinski definition) is 1. The van der Waals surface area contributed by atoms with Gasteiger partial charge in [-0.3, -0.25) is 4.79 Å².